The van der Waals surface area contributed by atoms with Crippen molar-refractivity contribution < 1.29 is 28.5 Å². The molecule has 0 bridgehead atoms. The number of benzene rings is 2. The Morgan fingerprint density at radius 3 is 1.43 bits per heavy atom. The number of hydrogen-bond donors (Lipinski definition) is 0. The Balaban J connectivity index is 1.13. The van der Waals surface area contributed by atoms with Gasteiger partial charge in [-0.1, -0.05) is 36.4 Å². The fraction of sp³-hybridized carbons (Fsp3) is 0.143. The highest BCUT2D eigenvalue weighted by molar-refractivity contribution is 5.79. The monoisotopic (exact) mass is 716 g/mol. The number of pyridine rings is 4. The van der Waals surface area contributed by atoms with E-state index < -0.39 is 0 Å². The number of rotatable bonds is 15. The molecule has 0 saturated carbocycles. The van der Waals surface area contributed by atoms with Crippen molar-refractivity contribution in [3.63, 3.8) is 0 Å². The minimum atomic E-state index is 0.0707. The first-order valence-electron chi connectivity index (χ1n) is 16.7. The van der Waals surface area contributed by atoms with Crippen molar-refractivity contribution in [1.29, 1.82) is 10.5 Å². The molecule has 0 amide bonds. The molecule has 0 atom stereocenters. The van der Waals surface area contributed by atoms with E-state index >= 15 is 0 Å². The summed E-state index contributed by atoms with van der Waals surface area (Å²) < 4.78 is 23.8. The molecule has 0 fully saturated rings. The van der Waals surface area contributed by atoms with Gasteiger partial charge in [0.25, 0.3) is 0 Å². The molecule has 6 rings (SSSR count). The van der Waals surface area contributed by atoms with Crippen molar-refractivity contribution in [2.45, 2.75) is 40.3 Å². The van der Waals surface area contributed by atoms with E-state index in [2.05, 4.69) is 32.1 Å². The van der Waals surface area contributed by atoms with Gasteiger partial charge in [-0.3, -0.25) is 19.6 Å². The molecule has 0 N–H and O–H groups in total. The van der Waals surface area contributed by atoms with Crippen LogP contribution < -0.4 is 18.9 Å². The Hall–Kier alpha value is -7.44. The standard InChI is InChI=1S/C42H32N6O6/c1-27-35(25-51-39-11-9-33(21-49)41(47-39)53-23-31-13-29(15-43)17-45-19-31)5-3-7-37(27)38-8-4-6-36(28(38)2)26-52-40-12-10-34(22-50)42(48-40)54-24-32-14-30(16-44)18-46-20-32/h3-14,17-22H,23-26H2,1-2H3. The Kier molecular flexibility index (Phi) is 11.6. The fourth-order valence-corrected chi connectivity index (χ4v) is 5.57. The first-order valence-corrected chi connectivity index (χ1v) is 16.7. The molecule has 0 saturated heterocycles. The second-order valence-corrected chi connectivity index (χ2v) is 12.0. The van der Waals surface area contributed by atoms with Crippen LogP contribution in [0.5, 0.6) is 23.5 Å². The zero-order valence-electron chi connectivity index (χ0n) is 29.4. The Labute approximate surface area is 311 Å². The zero-order valence-corrected chi connectivity index (χ0v) is 29.4. The van der Waals surface area contributed by atoms with Gasteiger partial charge in [-0.05, 0) is 71.5 Å². The van der Waals surface area contributed by atoms with Crippen molar-refractivity contribution in [3.8, 4) is 46.8 Å². The van der Waals surface area contributed by atoms with E-state index in [1.54, 1.807) is 48.8 Å². The lowest BCUT2D eigenvalue weighted by atomic mass is 9.92. The third-order valence-corrected chi connectivity index (χ3v) is 8.51. The van der Waals surface area contributed by atoms with Gasteiger partial charge in [0.1, 0.15) is 38.6 Å². The highest BCUT2D eigenvalue weighted by Crippen LogP contribution is 2.32. The van der Waals surface area contributed by atoms with Gasteiger partial charge in [0.2, 0.25) is 23.5 Å². The highest BCUT2D eigenvalue weighted by Gasteiger charge is 2.15. The van der Waals surface area contributed by atoms with Gasteiger partial charge in [0.05, 0.1) is 22.3 Å². The van der Waals surface area contributed by atoms with Crippen LogP contribution in [-0.2, 0) is 26.4 Å². The van der Waals surface area contributed by atoms with Crippen molar-refractivity contribution in [2.75, 3.05) is 0 Å². The molecule has 0 aliphatic rings. The topological polar surface area (TPSA) is 170 Å². The van der Waals surface area contributed by atoms with E-state index in [0.717, 1.165) is 33.4 Å². The molecule has 0 unspecified atom stereocenters. The number of aldehydes is 2. The molecular weight excluding hydrogens is 684 g/mol. The quantitative estimate of drug-likeness (QED) is 0.0978. The van der Waals surface area contributed by atoms with E-state index in [4.69, 9.17) is 29.5 Å². The molecule has 6 aromatic rings. The number of carbonyl (C=O) groups is 2. The highest BCUT2D eigenvalue weighted by atomic mass is 16.5. The third kappa shape index (κ3) is 8.70. The maximum atomic E-state index is 11.7. The van der Waals surface area contributed by atoms with Crippen LogP contribution in [0, 0.1) is 36.5 Å². The average Bonchev–Trinajstić information content (AvgIpc) is 3.21. The molecule has 0 spiro atoms. The normalized spacial score (nSPS) is 10.4. The van der Waals surface area contributed by atoms with Crippen molar-refractivity contribution in [2.24, 2.45) is 0 Å². The van der Waals surface area contributed by atoms with Gasteiger partial charge < -0.3 is 18.9 Å². The molecule has 0 aliphatic heterocycles. The fourth-order valence-electron chi connectivity index (χ4n) is 5.57. The maximum absolute atomic E-state index is 11.7. The second kappa shape index (κ2) is 17.2. The van der Waals surface area contributed by atoms with Gasteiger partial charge in [-0.25, -0.2) is 0 Å². The minimum absolute atomic E-state index is 0.0707. The maximum Gasteiger partial charge on any atom is 0.227 e. The predicted molar refractivity (Wildman–Crippen MR) is 196 cm³/mol. The molecule has 266 valence electrons. The summed E-state index contributed by atoms with van der Waals surface area (Å²) in [6.45, 7) is 4.64. The molecule has 0 radical (unpaired) electrons. The molecule has 4 aromatic heterocycles. The molecule has 0 aliphatic carbocycles. The van der Waals surface area contributed by atoms with Gasteiger partial charge in [0, 0.05) is 48.0 Å². The summed E-state index contributed by atoms with van der Waals surface area (Å²) in [7, 11) is 0. The van der Waals surface area contributed by atoms with Crippen molar-refractivity contribution in [3.05, 3.63) is 153 Å². The number of ether oxygens (including phenoxy) is 4. The van der Waals surface area contributed by atoms with E-state index in [-0.39, 0.29) is 61.1 Å². The van der Waals surface area contributed by atoms with E-state index in [1.165, 1.54) is 12.4 Å². The van der Waals surface area contributed by atoms with Gasteiger partial charge in [-0.2, -0.15) is 20.5 Å². The van der Waals surface area contributed by atoms with Crippen LogP contribution in [-0.4, -0.2) is 32.5 Å². The van der Waals surface area contributed by atoms with Gasteiger partial charge in [-0.15, -0.1) is 0 Å². The third-order valence-electron chi connectivity index (χ3n) is 8.51. The van der Waals surface area contributed by atoms with Crippen LogP contribution in [0.15, 0.2) is 97.6 Å². The van der Waals surface area contributed by atoms with Crippen LogP contribution in [0.3, 0.4) is 0 Å². The number of nitrogens with zero attached hydrogens (tertiary/aromatic N) is 6. The molecular formula is C42H32N6O6. The summed E-state index contributed by atoms with van der Waals surface area (Å²) in [6, 6.07) is 25.8. The number of hydrogen-bond acceptors (Lipinski definition) is 12. The summed E-state index contributed by atoms with van der Waals surface area (Å²) in [6.07, 6.45) is 7.41. The van der Waals surface area contributed by atoms with E-state index in [9.17, 15) is 9.59 Å². The van der Waals surface area contributed by atoms with Crippen molar-refractivity contribution >= 4 is 12.6 Å². The number of nitriles is 2. The molecule has 2 aromatic carbocycles. The smallest absolute Gasteiger partial charge is 0.227 e. The van der Waals surface area contributed by atoms with Crippen LogP contribution in [0.2, 0.25) is 0 Å². The van der Waals surface area contributed by atoms with Crippen LogP contribution in [0.1, 0.15) is 65.2 Å². The zero-order chi connectivity index (χ0) is 37.9. The van der Waals surface area contributed by atoms with Crippen LogP contribution in [0.25, 0.3) is 11.1 Å². The van der Waals surface area contributed by atoms with E-state index in [1.807, 2.05) is 50.3 Å². The summed E-state index contributed by atoms with van der Waals surface area (Å²) in [5, 5.41) is 18.3. The first kappa shape index (κ1) is 36.4. The average molecular weight is 717 g/mol. The lowest BCUT2D eigenvalue weighted by Crippen LogP contribution is -2.05. The number of carbonyl (C=O) groups excluding carboxylic acids is 2. The first-order chi connectivity index (χ1) is 26.4. The second-order valence-electron chi connectivity index (χ2n) is 12.0. The molecule has 54 heavy (non-hydrogen) atoms. The van der Waals surface area contributed by atoms with Gasteiger partial charge >= 0.3 is 0 Å². The lowest BCUT2D eigenvalue weighted by Gasteiger charge is -2.17. The largest absolute Gasteiger partial charge is 0.473 e. The van der Waals surface area contributed by atoms with E-state index in [0.29, 0.717) is 34.8 Å². The Bertz CT molecular complexity index is 2250. The lowest BCUT2D eigenvalue weighted by molar-refractivity contribution is 0.111. The molecule has 4 heterocycles. The summed E-state index contributed by atoms with van der Waals surface area (Å²) in [4.78, 5) is 40.3. The molecule has 12 nitrogen and oxygen atoms in total. The Morgan fingerprint density at radius 1 is 0.574 bits per heavy atom. The van der Waals surface area contributed by atoms with Crippen LogP contribution >= 0.6 is 0 Å². The summed E-state index contributed by atoms with van der Waals surface area (Å²) in [5.41, 5.74) is 8.64. The van der Waals surface area contributed by atoms with Gasteiger partial charge in [0.15, 0.2) is 12.6 Å². The predicted octanol–water partition coefficient (Wildman–Crippen LogP) is 7.23. The van der Waals surface area contributed by atoms with Crippen LogP contribution in [0.4, 0.5) is 0 Å². The summed E-state index contributed by atoms with van der Waals surface area (Å²) >= 11 is 0. The minimum Gasteiger partial charge on any atom is -0.473 e. The molecule has 12 heteroatoms. The summed E-state index contributed by atoms with van der Waals surface area (Å²) in [5.74, 6) is 0.799. The van der Waals surface area contributed by atoms with Crippen molar-refractivity contribution in [1.82, 2.24) is 19.9 Å². The SMILES string of the molecule is Cc1c(COc2ccc(C=O)c(OCc3cncc(C#N)c3)n2)cccc1-c1cccc(COc2ccc(C=O)c(OCc3cncc(C#N)c3)n2)c1C. The Morgan fingerprint density at radius 2 is 1.02 bits per heavy atom. The number of aromatic nitrogens is 4.